The van der Waals surface area contributed by atoms with Crippen LogP contribution in [0.3, 0.4) is 0 Å². The lowest BCUT2D eigenvalue weighted by Gasteiger charge is -2.42. The van der Waals surface area contributed by atoms with Gasteiger partial charge < -0.3 is 20.1 Å². The van der Waals surface area contributed by atoms with Crippen molar-refractivity contribution in [1.29, 1.82) is 0 Å². The van der Waals surface area contributed by atoms with Crippen molar-refractivity contribution in [2.45, 2.75) is 31.5 Å². The minimum Gasteiger partial charge on any atom is -0.508 e. The molecule has 2 aromatic carbocycles. The number of hydrogen-bond donors (Lipinski definition) is 3. The maximum Gasteiger partial charge on any atom is 0.387 e. The number of H-pyrrole nitrogens is 1. The largest absolute Gasteiger partial charge is 0.508 e. The second-order valence-corrected chi connectivity index (χ2v) is 9.15. The summed E-state index contributed by atoms with van der Waals surface area (Å²) in [5.41, 5.74) is 1.47. The molecule has 1 aromatic heterocycles. The van der Waals surface area contributed by atoms with Gasteiger partial charge in [-0.3, -0.25) is 14.6 Å². The number of carbonyl (C=O) groups excluding carboxylic acids is 2. The zero-order valence-electron chi connectivity index (χ0n) is 19.6. The third kappa shape index (κ3) is 3.78. The number of aromatic nitrogens is 1. The Balaban J connectivity index is 1.64. The zero-order valence-corrected chi connectivity index (χ0v) is 19.6. The minimum atomic E-state index is -2.97. The number of urea groups is 1. The third-order valence-electron chi connectivity index (χ3n) is 6.85. The van der Waals surface area contributed by atoms with E-state index in [1.807, 2.05) is 0 Å². The van der Waals surface area contributed by atoms with E-state index in [9.17, 15) is 23.5 Å². The lowest BCUT2D eigenvalue weighted by molar-refractivity contribution is -0.133. The number of benzene rings is 2. The van der Waals surface area contributed by atoms with Crippen LogP contribution < -0.4 is 10.1 Å². The predicted molar refractivity (Wildman–Crippen MR) is 129 cm³/mol. The molecule has 2 aliphatic rings. The lowest BCUT2D eigenvalue weighted by atomic mass is 9.81. The number of nitrogens with zero attached hydrogens (tertiary/aromatic N) is 2. The highest BCUT2D eigenvalue weighted by molar-refractivity contribution is 6.08. The first kappa shape index (κ1) is 23.8. The van der Waals surface area contributed by atoms with E-state index in [1.54, 1.807) is 42.2 Å². The quantitative estimate of drug-likeness (QED) is 0.250. The molecule has 3 heterocycles. The van der Waals surface area contributed by atoms with Gasteiger partial charge in [-0.1, -0.05) is 18.2 Å². The number of aromatic amines is 1. The van der Waals surface area contributed by atoms with Crippen molar-refractivity contribution in [2.24, 2.45) is 0 Å². The number of aromatic hydroxyl groups is 1. The van der Waals surface area contributed by atoms with Gasteiger partial charge in [0.25, 0.3) is 5.91 Å². The van der Waals surface area contributed by atoms with Crippen molar-refractivity contribution in [3.8, 4) is 11.5 Å². The number of halogens is 2. The smallest absolute Gasteiger partial charge is 0.387 e. The average molecular weight is 497 g/mol. The van der Waals surface area contributed by atoms with Crippen LogP contribution >= 0.6 is 0 Å². The molecule has 10 heteroatoms. The summed E-state index contributed by atoms with van der Waals surface area (Å²) in [6, 6.07) is 10.0. The molecule has 0 saturated carbocycles. The van der Waals surface area contributed by atoms with E-state index in [0.717, 1.165) is 5.56 Å². The Morgan fingerprint density at radius 3 is 2.83 bits per heavy atom. The summed E-state index contributed by atoms with van der Waals surface area (Å²) in [5.74, 6) is -0.309. The number of alkyl halides is 2. The summed E-state index contributed by atoms with van der Waals surface area (Å²) in [7, 11) is 0. The highest BCUT2D eigenvalue weighted by Crippen LogP contribution is 2.49. The van der Waals surface area contributed by atoms with E-state index in [4.69, 9.17) is 0 Å². The van der Waals surface area contributed by atoms with Gasteiger partial charge in [0, 0.05) is 42.7 Å². The Bertz CT molecular complexity index is 1360. The first-order chi connectivity index (χ1) is 17.2. The molecule has 3 aromatic rings. The number of rotatable bonds is 8. The summed E-state index contributed by atoms with van der Waals surface area (Å²) >= 11 is 0. The molecule has 2 aliphatic heterocycles. The van der Waals surface area contributed by atoms with Crippen LogP contribution in [-0.2, 0) is 11.2 Å². The number of phenols is 1. The number of nitrogens with one attached hydrogen (secondary N) is 2. The van der Waals surface area contributed by atoms with Gasteiger partial charge in [0.1, 0.15) is 23.1 Å². The van der Waals surface area contributed by atoms with Gasteiger partial charge in [-0.15, -0.1) is 6.58 Å². The lowest BCUT2D eigenvalue weighted by Crippen LogP contribution is -2.53. The molecule has 2 unspecified atom stereocenters. The summed E-state index contributed by atoms with van der Waals surface area (Å²) in [4.78, 5) is 33.5. The Hall–Kier alpha value is -3.92. The second-order valence-electron chi connectivity index (χ2n) is 9.15. The van der Waals surface area contributed by atoms with Crippen molar-refractivity contribution in [2.75, 3.05) is 19.6 Å². The Morgan fingerprint density at radius 2 is 2.11 bits per heavy atom. The van der Waals surface area contributed by atoms with Crippen LogP contribution in [0.4, 0.5) is 13.6 Å². The standard InChI is InChI=1S/C26H26F2N4O4/c1-3-9-29-10-11-31-23(34)26(2)14-19-18-13-17(36-24(27)28)7-8-20(18)30-21(19)22(32(26)25(31)35)15-5-4-6-16(33)12-15/h3-8,12-13,22,24,29-30,33H,1,9-11,14H2,2H3. The molecule has 0 aliphatic carbocycles. The first-order valence-corrected chi connectivity index (χ1v) is 11.6. The monoisotopic (exact) mass is 496 g/mol. The summed E-state index contributed by atoms with van der Waals surface area (Å²) in [6.07, 6.45) is 1.89. The average Bonchev–Trinajstić information content (AvgIpc) is 3.27. The molecule has 8 nitrogen and oxygen atoms in total. The molecule has 1 saturated heterocycles. The zero-order chi connectivity index (χ0) is 25.6. The summed E-state index contributed by atoms with van der Waals surface area (Å²) in [6.45, 7) is 3.55. The van der Waals surface area contributed by atoms with E-state index in [1.165, 1.54) is 23.1 Å². The maximum atomic E-state index is 13.7. The van der Waals surface area contributed by atoms with Crippen molar-refractivity contribution in [3.05, 3.63) is 71.9 Å². The summed E-state index contributed by atoms with van der Waals surface area (Å²) in [5, 5.41) is 13.9. The van der Waals surface area contributed by atoms with Crippen molar-refractivity contribution >= 4 is 22.8 Å². The van der Waals surface area contributed by atoms with Crippen LogP contribution in [0.5, 0.6) is 11.5 Å². The molecule has 188 valence electrons. The van der Waals surface area contributed by atoms with Gasteiger partial charge in [0.15, 0.2) is 0 Å². The normalized spacial score (nSPS) is 21.3. The molecule has 0 bridgehead atoms. The van der Waals surface area contributed by atoms with Gasteiger partial charge in [-0.25, -0.2) is 4.79 Å². The van der Waals surface area contributed by atoms with E-state index in [-0.39, 0.29) is 30.4 Å². The number of ether oxygens (including phenoxy) is 1. The van der Waals surface area contributed by atoms with E-state index in [0.29, 0.717) is 35.2 Å². The van der Waals surface area contributed by atoms with Gasteiger partial charge in [0.2, 0.25) is 0 Å². The first-order valence-electron chi connectivity index (χ1n) is 11.6. The number of phenolic OH excluding ortho intramolecular Hbond substituents is 1. The molecular weight excluding hydrogens is 470 g/mol. The van der Waals surface area contributed by atoms with Gasteiger partial charge >= 0.3 is 12.6 Å². The van der Waals surface area contributed by atoms with Crippen molar-refractivity contribution < 1.29 is 28.2 Å². The molecule has 0 radical (unpaired) electrons. The van der Waals surface area contributed by atoms with Crippen LogP contribution in [-0.4, -0.2) is 63.6 Å². The number of imide groups is 1. The fourth-order valence-corrected chi connectivity index (χ4v) is 5.30. The molecule has 0 spiro atoms. The van der Waals surface area contributed by atoms with E-state index in [2.05, 4.69) is 21.6 Å². The number of fused-ring (bicyclic) bond motifs is 4. The van der Waals surface area contributed by atoms with E-state index < -0.39 is 24.2 Å². The Labute approximate surface area is 206 Å². The highest BCUT2D eigenvalue weighted by Gasteiger charge is 2.60. The Kier molecular flexibility index (Phi) is 5.91. The molecule has 2 atom stereocenters. The molecule has 5 rings (SSSR count). The number of hydrogen-bond acceptors (Lipinski definition) is 5. The van der Waals surface area contributed by atoms with Crippen LogP contribution in [0, 0.1) is 0 Å². The molecule has 1 fully saturated rings. The van der Waals surface area contributed by atoms with Gasteiger partial charge in [-0.05, 0) is 48.4 Å². The second kappa shape index (κ2) is 8.94. The van der Waals surface area contributed by atoms with Crippen LogP contribution in [0.25, 0.3) is 10.9 Å². The molecular formula is C26H26F2N4O4. The minimum absolute atomic E-state index is 0.00420. The highest BCUT2D eigenvalue weighted by atomic mass is 19.3. The van der Waals surface area contributed by atoms with Crippen LogP contribution in [0.1, 0.15) is 29.8 Å². The van der Waals surface area contributed by atoms with Crippen LogP contribution in [0.15, 0.2) is 55.1 Å². The fourth-order valence-electron chi connectivity index (χ4n) is 5.30. The van der Waals surface area contributed by atoms with Crippen LogP contribution in [0.2, 0.25) is 0 Å². The number of carbonyl (C=O) groups is 2. The molecule has 3 amide bonds. The Morgan fingerprint density at radius 1 is 1.31 bits per heavy atom. The van der Waals surface area contributed by atoms with Crippen molar-refractivity contribution in [1.82, 2.24) is 20.1 Å². The summed E-state index contributed by atoms with van der Waals surface area (Å²) < 4.78 is 30.4. The predicted octanol–water partition coefficient (Wildman–Crippen LogP) is 3.92. The third-order valence-corrected chi connectivity index (χ3v) is 6.85. The maximum absolute atomic E-state index is 13.7. The molecule has 3 N–H and O–H groups in total. The van der Waals surface area contributed by atoms with Gasteiger partial charge in [0.05, 0.1) is 0 Å². The SMILES string of the molecule is C=CCNCCN1C(=O)N2C(c3cccc(O)c3)c3[nH]c4ccc(OC(F)F)cc4c3CC2(C)C1=O. The van der Waals surface area contributed by atoms with Gasteiger partial charge in [-0.2, -0.15) is 8.78 Å². The van der Waals surface area contributed by atoms with Crippen molar-refractivity contribution in [3.63, 3.8) is 0 Å². The molecule has 36 heavy (non-hydrogen) atoms. The fraction of sp³-hybridized carbons (Fsp3) is 0.308. The number of amides is 3. The topological polar surface area (TPSA) is 97.9 Å². The van der Waals surface area contributed by atoms with E-state index >= 15 is 0 Å².